The van der Waals surface area contributed by atoms with Crippen molar-refractivity contribution in [2.75, 3.05) is 20.8 Å². The molecule has 2 aromatic rings. The third-order valence-electron chi connectivity index (χ3n) is 5.20. The third-order valence-corrected chi connectivity index (χ3v) is 5.20. The Bertz CT molecular complexity index is 1220. The van der Waals surface area contributed by atoms with Crippen LogP contribution in [-0.4, -0.2) is 49.0 Å². The molecule has 1 atom stereocenters. The second-order valence-electron chi connectivity index (χ2n) is 7.22. The summed E-state index contributed by atoms with van der Waals surface area (Å²) in [4.78, 5) is 38.8. The van der Waals surface area contributed by atoms with Crippen LogP contribution in [0, 0.1) is 23.5 Å². The third kappa shape index (κ3) is 3.58. The van der Waals surface area contributed by atoms with Gasteiger partial charge in [0, 0.05) is 17.7 Å². The quantitative estimate of drug-likeness (QED) is 0.555. The number of carbonyl (C=O) groups is 3. The molecule has 0 spiro atoms. The zero-order valence-electron chi connectivity index (χ0n) is 17.0. The number of imide groups is 1. The Hall–Kier alpha value is -4.13. The summed E-state index contributed by atoms with van der Waals surface area (Å²) in [6.07, 6.45) is 0. The molecule has 1 fully saturated rings. The van der Waals surface area contributed by atoms with Crippen LogP contribution in [0.2, 0.25) is 0 Å². The Labute approximate surface area is 181 Å². The molecule has 0 radical (unpaired) electrons. The van der Waals surface area contributed by atoms with Crippen molar-refractivity contribution in [1.29, 1.82) is 0 Å². The predicted molar refractivity (Wildman–Crippen MR) is 107 cm³/mol. The molecular weight excluding hydrogens is 424 g/mol. The van der Waals surface area contributed by atoms with Crippen LogP contribution in [0.3, 0.4) is 0 Å². The lowest BCUT2D eigenvalue weighted by atomic mass is 9.99. The maximum Gasteiger partial charge on any atom is 0.323 e. The van der Waals surface area contributed by atoms with Crippen LogP contribution in [0.4, 0.5) is 13.6 Å². The van der Waals surface area contributed by atoms with Crippen LogP contribution in [0.1, 0.15) is 21.5 Å². The molecule has 0 aromatic heterocycles. The summed E-state index contributed by atoms with van der Waals surface area (Å²) in [5, 5.41) is 4.55. The fourth-order valence-electron chi connectivity index (χ4n) is 3.58. The van der Waals surface area contributed by atoms with Crippen LogP contribution in [0.5, 0.6) is 11.5 Å². The van der Waals surface area contributed by atoms with Gasteiger partial charge in [0.05, 0.1) is 20.8 Å². The number of fused-ring (bicyclic) bond motifs is 1. The van der Waals surface area contributed by atoms with E-state index in [2.05, 4.69) is 22.5 Å². The average Bonchev–Trinajstić information content (AvgIpc) is 3.23. The van der Waals surface area contributed by atoms with Crippen molar-refractivity contribution in [3.05, 3.63) is 58.7 Å². The minimum Gasteiger partial charge on any atom is -0.497 e. The van der Waals surface area contributed by atoms with Crippen molar-refractivity contribution < 1.29 is 32.6 Å². The summed E-state index contributed by atoms with van der Waals surface area (Å²) in [6.45, 7) is -0.0576. The monoisotopic (exact) mass is 441 g/mol. The number of halogens is 2. The summed E-state index contributed by atoms with van der Waals surface area (Å²) in [6, 6.07) is 6.28. The van der Waals surface area contributed by atoms with Gasteiger partial charge in [0.2, 0.25) is 11.4 Å². The standard InChI is InChI=1S/C22H17F2N3O5/c1-31-14-4-3-13-10-27(19(28)15(13)9-14)11-22(20(29)25-21(30)26-22)6-5-12-7-16(23)18(24)17(8-12)32-2/h3-4,7-9H,10-11H2,1-2H3,(H2,25,26,29,30)/t22-/m1/s1. The van der Waals surface area contributed by atoms with E-state index in [0.717, 1.165) is 17.7 Å². The normalized spacial score (nSPS) is 19.1. The highest BCUT2D eigenvalue weighted by Crippen LogP contribution is 2.28. The molecule has 0 bridgehead atoms. The van der Waals surface area contributed by atoms with Gasteiger partial charge >= 0.3 is 6.03 Å². The van der Waals surface area contributed by atoms with Gasteiger partial charge in [-0.25, -0.2) is 9.18 Å². The predicted octanol–water partition coefficient (Wildman–Crippen LogP) is 1.57. The van der Waals surface area contributed by atoms with Crippen LogP contribution >= 0.6 is 0 Å². The maximum absolute atomic E-state index is 13.8. The number of nitrogens with zero attached hydrogens (tertiary/aromatic N) is 1. The SMILES string of the molecule is COc1ccc2c(c1)C(=O)N(C[C@@]1(C#Cc3cc(F)c(F)c(OC)c3)NC(=O)NC1=O)C2. The summed E-state index contributed by atoms with van der Waals surface area (Å²) in [5.41, 5.74) is -0.608. The first-order chi connectivity index (χ1) is 15.3. The molecule has 1 saturated heterocycles. The summed E-state index contributed by atoms with van der Waals surface area (Å²) in [7, 11) is 2.65. The lowest BCUT2D eigenvalue weighted by Gasteiger charge is -2.26. The highest BCUT2D eigenvalue weighted by atomic mass is 19.2. The first-order valence-corrected chi connectivity index (χ1v) is 9.42. The van der Waals surface area contributed by atoms with E-state index in [1.54, 1.807) is 18.2 Å². The van der Waals surface area contributed by atoms with E-state index in [1.165, 1.54) is 19.1 Å². The van der Waals surface area contributed by atoms with Gasteiger partial charge in [0.1, 0.15) is 5.75 Å². The summed E-state index contributed by atoms with van der Waals surface area (Å²) < 4.78 is 37.4. The molecule has 8 nitrogen and oxygen atoms in total. The Morgan fingerprint density at radius 3 is 2.56 bits per heavy atom. The molecule has 164 valence electrons. The van der Waals surface area contributed by atoms with E-state index >= 15 is 0 Å². The second-order valence-corrected chi connectivity index (χ2v) is 7.22. The topological polar surface area (TPSA) is 97.0 Å². The van der Waals surface area contributed by atoms with Gasteiger partial charge in [-0.05, 0) is 29.8 Å². The van der Waals surface area contributed by atoms with Gasteiger partial charge in [-0.15, -0.1) is 0 Å². The van der Waals surface area contributed by atoms with Gasteiger partial charge < -0.3 is 19.7 Å². The van der Waals surface area contributed by atoms with E-state index < -0.39 is 29.1 Å². The van der Waals surface area contributed by atoms with Crippen molar-refractivity contribution in [2.24, 2.45) is 0 Å². The van der Waals surface area contributed by atoms with Crippen molar-refractivity contribution in [3.8, 4) is 23.3 Å². The Morgan fingerprint density at radius 2 is 1.91 bits per heavy atom. The van der Waals surface area contributed by atoms with Gasteiger partial charge in [0.25, 0.3) is 11.8 Å². The van der Waals surface area contributed by atoms with Gasteiger partial charge in [-0.2, -0.15) is 4.39 Å². The number of urea groups is 1. The largest absolute Gasteiger partial charge is 0.497 e. The number of rotatable bonds is 4. The van der Waals surface area contributed by atoms with Gasteiger partial charge in [-0.1, -0.05) is 17.9 Å². The molecule has 4 rings (SSSR count). The van der Waals surface area contributed by atoms with Crippen molar-refractivity contribution >= 4 is 17.8 Å². The number of nitrogens with one attached hydrogen (secondary N) is 2. The number of hydrogen-bond acceptors (Lipinski definition) is 5. The number of carbonyl (C=O) groups excluding carboxylic acids is 3. The number of ether oxygens (including phenoxy) is 2. The number of hydrogen-bond donors (Lipinski definition) is 2. The molecule has 2 heterocycles. The smallest absolute Gasteiger partial charge is 0.323 e. The molecule has 32 heavy (non-hydrogen) atoms. The molecule has 2 aliphatic heterocycles. The first kappa shape index (κ1) is 21.1. The van der Waals surface area contributed by atoms with E-state index in [-0.39, 0.29) is 30.3 Å². The molecular formula is C22H17F2N3O5. The average molecular weight is 441 g/mol. The van der Waals surface area contributed by atoms with Crippen LogP contribution in [0.15, 0.2) is 30.3 Å². The Kier molecular flexibility index (Phi) is 5.18. The first-order valence-electron chi connectivity index (χ1n) is 9.42. The molecule has 0 aliphatic carbocycles. The summed E-state index contributed by atoms with van der Waals surface area (Å²) in [5.74, 6) is 1.89. The van der Waals surface area contributed by atoms with E-state index in [1.807, 2.05) is 0 Å². The molecule has 4 amide bonds. The van der Waals surface area contributed by atoms with Crippen LogP contribution in [-0.2, 0) is 11.3 Å². The summed E-state index contributed by atoms with van der Waals surface area (Å²) >= 11 is 0. The van der Waals surface area contributed by atoms with Crippen LogP contribution in [0.25, 0.3) is 0 Å². The van der Waals surface area contributed by atoms with Crippen molar-refractivity contribution in [1.82, 2.24) is 15.5 Å². The highest BCUT2D eigenvalue weighted by Gasteiger charge is 2.48. The number of methoxy groups -OCH3 is 2. The van der Waals surface area contributed by atoms with Gasteiger partial charge in [-0.3, -0.25) is 14.9 Å². The van der Waals surface area contributed by atoms with Gasteiger partial charge in [0.15, 0.2) is 11.6 Å². The zero-order chi connectivity index (χ0) is 23.0. The fraction of sp³-hybridized carbons (Fsp3) is 0.227. The van der Waals surface area contributed by atoms with Crippen molar-refractivity contribution in [2.45, 2.75) is 12.1 Å². The molecule has 2 aromatic carbocycles. The Morgan fingerprint density at radius 1 is 1.12 bits per heavy atom. The lowest BCUT2D eigenvalue weighted by Crippen LogP contribution is -2.54. The zero-order valence-corrected chi connectivity index (χ0v) is 17.0. The highest BCUT2D eigenvalue weighted by molar-refractivity contribution is 6.10. The number of benzene rings is 2. The maximum atomic E-state index is 13.8. The molecule has 0 saturated carbocycles. The van der Waals surface area contributed by atoms with Crippen LogP contribution < -0.4 is 20.1 Å². The van der Waals surface area contributed by atoms with Crippen molar-refractivity contribution in [3.63, 3.8) is 0 Å². The molecule has 10 heteroatoms. The molecule has 2 N–H and O–H groups in total. The fourth-order valence-corrected chi connectivity index (χ4v) is 3.58. The minimum atomic E-state index is -1.78. The molecule has 0 unspecified atom stereocenters. The van der Waals surface area contributed by atoms with E-state index in [4.69, 9.17) is 9.47 Å². The lowest BCUT2D eigenvalue weighted by molar-refractivity contribution is -0.122. The van der Waals surface area contributed by atoms with E-state index in [9.17, 15) is 23.2 Å². The molecule has 2 aliphatic rings. The second kappa shape index (κ2) is 7.85. The number of amides is 4. The Balaban J connectivity index is 1.67. The minimum absolute atomic E-state index is 0.0230. The van der Waals surface area contributed by atoms with E-state index in [0.29, 0.717) is 11.3 Å².